The first-order valence-corrected chi connectivity index (χ1v) is 6.95. The lowest BCUT2D eigenvalue weighted by atomic mass is 10.1. The van der Waals surface area contributed by atoms with Crippen molar-refractivity contribution >= 4 is 28.5 Å². The molecule has 0 bridgehead atoms. The predicted molar refractivity (Wildman–Crippen MR) is 76.1 cm³/mol. The van der Waals surface area contributed by atoms with Crippen LogP contribution >= 0.6 is 22.9 Å². The van der Waals surface area contributed by atoms with E-state index in [0.717, 1.165) is 21.8 Å². The molecular formula is C12H12ClN5S. The first kappa shape index (κ1) is 12.6. The van der Waals surface area contributed by atoms with E-state index >= 15 is 0 Å². The van der Waals surface area contributed by atoms with E-state index in [1.165, 1.54) is 4.88 Å². The second-order valence-electron chi connectivity index (χ2n) is 4.14. The van der Waals surface area contributed by atoms with Crippen molar-refractivity contribution in [2.75, 3.05) is 0 Å². The lowest BCUT2D eigenvalue weighted by Gasteiger charge is -2.13. The monoisotopic (exact) mass is 293 g/mol. The summed E-state index contributed by atoms with van der Waals surface area (Å²) in [5.41, 5.74) is 4.82. The molecule has 19 heavy (non-hydrogen) atoms. The highest BCUT2D eigenvalue weighted by molar-refractivity contribution is 7.16. The van der Waals surface area contributed by atoms with Crippen LogP contribution in [0.15, 0.2) is 36.9 Å². The SMILES string of the molecule is NNC(Cc1ccc(Cl)s1)c1cnn2ccncc12. The van der Waals surface area contributed by atoms with Gasteiger partial charge in [0, 0.05) is 29.3 Å². The molecule has 3 rings (SSSR count). The van der Waals surface area contributed by atoms with Crippen LogP contribution in [-0.4, -0.2) is 14.6 Å². The maximum absolute atomic E-state index is 5.95. The molecule has 7 heteroatoms. The van der Waals surface area contributed by atoms with Crippen molar-refractivity contribution in [3.63, 3.8) is 0 Å². The molecule has 0 spiro atoms. The average Bonchev–Trinajstić information content (AvgIpc) is 3.02. The van der Waals surface area contributed by atoms with Gasteiger partial charge in [-0.05, 0) is 12.1 Å². The fraction of sp³-hybridized carbons (Fsp3) is 0.167. The molecule has 3 aromatic heterocycles. The number of nitrogens with two attached hydrogens (primary N) is 1. The average molecular weight is 294 g/mol. The number of fused-ring (bicyclic) bond motifs is 1. The van der Waals surface area contributed by atoms with E-state index in [9.17, 15) is 0 Å². The highest BCUT2D eigenvalue weighted by atomic mass is 35.5. The number of hydrazine groups is 1. The summed E-state index contributed by atoms with van der Waals surface area (Å²) in [6.07, 6.45) is 7.89. The zero-order valence-electron chi connectivity index (χ0n) is 9.95. The molecule has 3 heterocycles. The lowest BCUT2D eigenvalue weighted by Crippen LogP contribution is -2.29. The van der Waals surface area contributed by atoms with E-state index in [0.29, 0.717) is 0 Å². The molecule has 0 aliphatic heterocycles. The highest BCUT2D eigenvalue weighted by Gasteiger charge is 2.16. The van der Waals surface area contributed by atoms with Crippen molar-refractivity contribution in [1.29, 1.82) is 0 Å². The molecule has 1 atom stereocenters. The Morgan fingerprint density at radius 2 is 2.32 bits per heavy atom. The van der Waals surface area contributed by atoms with Crippen molar-refractivity contribution < 1.29 is 0 Å². The molecule has 3 aromatic rings. The predicted octanol–water partition coefficient (Wildman–Crippen LogP) is 2.19. The van der Waals surface area contributed by atoms with Gasteiger partial charge in [-0.2, -0.15) is 5.10 Å². The molecule has 3 N–H and O–H groups in total. The Labute approximate surface area is 119 Å². The van der Waals surface area contributed by atoms with Crippen LogP contribution < -0.4 is 11.3 Å². The van der Waals surface area contributed by atoms with Gasteiger partial charge in [0.2, 0.25) is 0 Å². The maximum Gasteiger partial charge on any atom is 0.0931 e. The number of halogens is 1. The van der Waals surface area contributed by atoms with Gasteiger partial charge < -0.3 is 0 Å². The topological polar surface area (TPSA) is 68.2 Å². The fourth-order valence-electron chi connectivity index (χ4n) is 2.04. The zero-order chi connectivity index (χ0) is 13.2. The Morgan fingerprint density at radius 1 is 1.42 bits per heavy atom. The number of hydrogen-bond acceptors (Lipinski definition) is 5. The minimum atomic E-state index is -0.0172. The normalized spacial score (nSPS) is 12.9. The van der Waals surface area contributed by atoms with Gasteiger partial charge in [-0.3, -0.25) is 16.3 Å². The smallest absolute Gasteiger partial charge is 0.0931 e. The van der Waals surface area contributed by atoms with Crippen molar-refractivity contribution in [3.05, 3.63) is 51.7 Å². The molecule has 0 fully saturated rings. The first-order valence-electron chi connectivity index (χ1n) is 5.75. The van der Waals surface area contributed by atoms with Crippen molar-refractivity contribution in [3.8, 4) is 0 Å². The summed E-state index contributed by atoms with van der Waals surface area (Å²) in [4.78, 5) is 5.30. The third kappa shape index (κ3) is 2.48. The molecule has 5 nitrogen and oxygen atoms in total. The fourth-order valence-corrected chi connectivity index (χ4v) is 3.18. The molecule has 0 aromatic carbocycles. The van der Waals surface area contributed by atoms with Crippen molar-refractivity contribution in [2.24, 2.45) is 5.84 Å². The molecular weight excluding hydrogens is 282 g/mol. The van der Waals surface area contributed by atoms with Crippen LogP contribution in [0.25, 0.3) is 5.52 Å². The molecule has 0 saturated carbocycles. The maximum atomic E-state index is 5.95. The summed E-state index contributed by atoms with van der Waals surface area (Å²) in [6, 6.07) is 3.89. The summed E-state index contributed by atoms with van der Waals surface area (Å²) < 4.78 is 2.57. The van der Waals surface area contributed by atoms with Gasteiger partial charge >= 0.3 is 0 Å². The Bertz CT molecular complexity index is 692. The van der Waals surface area contributed by atoms with Crippen LogP contribution in [0.1, 0.15) is 16.5 Å². The van der Waals surface area contributed by atoms with Gasteiger partial charge in [-0.25, -0.2) is 4.52 Å². The van der Waals surface area contributed by atoms with Crippen molar-refractivity contribution in [1.82, 2.24) is 20.0 Å². The van der Waals surface area contributed by atoms with E-state index < -0.39 is 0 Å². The number of nitrogens with zero attached hydrogens (tertiary/aromatic N) is 3. The summed E-state index contributed by atoms with van der Waals surface area (Å²) in [6.45, 7) is 0. The molecule has 0 aliphatic rings. The molecule has 0 radical (unpaired) electrons. The molecule has 98 valence electrons. The zero-order valence-corrected chi connectivity index (χ0v) is 11.5. The number of aromatic nitrogens is 3. The number of thiophene rings is 1. The van der Waals surface area contributed by atoms with Crippen LogP contribution in [0.4, 0.5) is 0 Å². The second-order valence-corrected chi connectivity index (χ2v) is 5.93. The molecule has 0 saturated heterocycles. The van der Waals surface area contributed by atoms with Crippen LogP contribution in [0, 0.1) is 0 Å². The van der Waals surface area contributed by atoms with Gasteiger partial charge in [0.15, 0.2) is 0 Å². The Morgan fingerprint density at radius 3 is 3.05 bits per heavy atom. The van der Waals surface area contributed by atoms with Gasteiger partial charge in [-0.1, -0.05) is 11.6 Å². The highest BCUT2D eigenvalue weighted by Crippen LogP contribution is 2.27. The Hall–Kier alpha value is -1.47. The number of nitrogens with one attached hydrogen (secondary N) is 1. The standard InChI is InChI=1S/C12H12ClN5S/c13-12-2-1-8(19-12)5-10(17-14)9-6-16-18-4-3-15-7-11(9)18/h1-4,6-7,10,17H,5,14H2. The minimum Gasteiger partial charge on any atom is -0.271 e. The Kier molecular flexibility index (Phi) is 3.48. The van der Waals surface area contributed by atoms with Crippen LogP contribution in [-0.2, 0) is 6.42 Å². The van der Waals surface area contributed by atoms with E-state index in [2.05, 4.69) is 15.5 Å². The van der Waals surface area contributed by atoms with Crippen LogP contribution in [0.2, 0.25) is 4.34 Å². The van der Waals surface area contributed by atoms with Gasteiger partial charge in [0.05, 0.1) is 28.3 Å². The third-order valence-electron chi connectivity index (χ3n) is 2.97. The summed E-state index contributed by atoms with van der Waals surface area (Å²) >= 11 is 7.51. The summed E-state index contributed by atoms with van der Waals surface area (Å²) in [5.74, 6) is 5.67. The number of hydrogen-bond donors (Lipinski definition) is 2. The van der Waals surface area contributed by atoms with Crippen LogP contribution in [0.3, 0.4) is 0 Å². The first-order chi connectivity index (χ1) is 9.28. The van der Waals surface area contributed by atoms with Crippen molar-refractivity contribution in [2.45, 2.75) is 12.5 Å². The van der Waals surface area contributed by atoms with E-state index in [1.54, 1.807) is 28.2 Å². The summed E-state index contributed by atoms with van der Waals surface area (Å²) in [7, 11) is 0. The molecule has 1 unspecified atom stereocenters. The summed E-state index contributed by atoms with van der Waals surface area (Å²) in [5, 5.41) is 4.29. The molecule has 0 amide bonds. The Balaban J connectivity index is 1.93. The lowest BCUT2D eigenvalue weighted by molar-refractivity contribution is 0.559. The van der Waals surface area contributed by atoms with Gasteiger partial charge in [0.25, 0.3) is 0 Å². The number of rotatable bonds is 4. The molecule has 0 aliphatic carbocycles. The van der Waals surface area contributed by atoms with E-state index in [-0.39, 0.29) is 6.04 Å². The van der Waals surface area contributed by atoms with Gasteiger partial charge in [-0.15, -0.1) is 11.3 Å². The van der Waals surface area contributed by atoms with Crippen LogP contribution in [0.5, 0.6) is 0 Å². The quantitative estimate of drug-likeness (QED) is 0.571. The van der Waals surface area contributed by atoms with E-state index in [1.807, 2.05) is 24.5 Å². The van der Waals surface area contributed by atoms with E-state index in [4.69, 9.17) is 17.4 Å². The third-order valence-corrected chi connectivity index (χ3v) is 4.22. The minimum absolute atomic E-state index is 0.0172. The van der Waals surface area contributed by atoms with Gasteiger partial charge in [0.1, 0.15) is 0 Å². The second kappa shape index (κ2) is 5.26. The largest absolute Gasteiger partial charge is 0.271 e.